The number of nitrogens with zero attached hydrogens (tertiary/aromatic N) is 1. The maximum Gasteiger partial charge on any atom is 0.235 e. The van der Waals surface area contributed by atoms with Crippen molar-refractivity contribution in [1.29, 1.82) is 0 Å². The summed E-state index contributed by atoms with van der Waals surface area (Å²) in [4.78, 5) is 14.4. The average molecular weight is 237 g/mol. The molecule has 2 nitrogen and oxygen atoms in total. The minimum atomic E-state index is -0.0936. The fourth-order valence-corrected chi connectivity index (χ4v) is 1.99. The van der Waals surface area contributed by atoms with Crippen molar-refractivity contribution in [2.75, 3.05) is 0 Å². The van der Waals surface area contributed by atoms with E-state index in [0.717, 1.165) is 18.4 Å². The molecule has 1 unspecified atom stereocenters. The molecule has 0 aliphatic rings. The Kier molecular flexibility index (Phi) is 4.46. The number of aryl methyl sites for hydroxylation is 1. The van der Waals surface area contributed by atoms with E-state index in [4.69, 9.17) is 0 Å². The Morgan fingerprint density at radius 3 is 2.17 bits per heavy atom. The third-order valence-corrected chi connectivity index (χ3v) is 2.94. The smallest absolute Gasteiger partial charge is 0.211 e. The van der Waals surface area contributed by atoms with Crippen LogP contribution in [0.1, 0.15) is 23.6 Å². The molecular weight excluding hydrogens is 222 g/mol. The van der Waals surface area contributed by atoms with Crippen LogP contribution in [-0.2, 0) is 11.2 Å². The number of isocyanates is 1. The first kappa shape index (κ1) is 12.3. The lowest BCUT2D eigenvalue weighted by atomic mass is 10.00. The van der Waals surface area contributed by atoms with Crippen molar-refractivity contribution in [2.24, 2.45) is 4.99 Å². The van der Waals surface area contributed by atoms with E-state index >= 15 is 0 Å². The molecule has 90 valence electrons. The molecule has 0 bridgehead atoms. The highest BCUT2D eigenvalue weighted by atomic mass is 16.1. The zero-order valence-electron chi connectivity index (χ0n) is 10.1. The first-order chi connectivity index (χ1) is 8.90. The van der Waals surface area contributed by atoms with Crippen LogP contribution >= 0.6 is 0 Å². The summed E-state index contributed by atoms with van der Waals surface area (Å²) in [5.74, 6) is 0. The molecule has 0 amide bonds. The molecule has 0 aliphatic heterocycles. The number of rotatable bonds is 5. The second-order valence-corrected chi connectivity index (χ2v) is 4.17. The molecule has 0 heterocycles. The largest absolute Gasteiger partial charge is 0.235 e. The van der Waals surface area contributed by atoms with Gasteiger partial charge in [0.2, 0.25) is 6.08 Å². The van der Waals surface area contributed by atoms with E-state index in [1.54, 1.807) is 6.08 Å². The van der Waals surface area contributed by atoms with Gasteiger partial charge < -0.3 is 0 Å². The normalized spacial score (nSPS) is 11.6. The van der Waals surface area contributed by atoms with Gasteiger partial charge in [0.1, 0.15) is 0 Å². The maximum absolute atomic E-state index is 10.5. The van der Waals surface area contributed by atoms with E-state index in [1.165, 1.54) is 5.56 Å². The van der Waals surface area contributed by atoms with Crippen molar-refractivity contribution in [2.45, 2.75) is 18.9 Å². The molecule has 0 saturated carbocycles. The van der Waals surface area contributed by atoms with Gasteiger partial charge in [-0.25, -0.2) is 4.79 Å². The minimum absolute atomic E-state index is 0.0936. The average Bonchev–Trinajstić information content (AvgIpc) is 2.45. The van der Waals surface area contributed by atoms with E-state index < -0.39 is 0 Å². The molecule has 0 spiro atoms. The van der Waals surface area contributed by atoms with Crippen molar-refractivity contribution < 1.29 is 4.79 Å². The first-order valence-corrected chi connectivity index (χ1v) is 6.06. The van der Waals surface area contributed by atoms with Gasteiger partial charge in [0.25, 0.3) is 0 Å². The highest BCUT2D eigenvalue weighted by Crippen LogP contribution is 2.22. The predicted molar refractivity (Wildman–Crippen MR) is 72.1 cm³/mol. The van der Waals surface area contributed by atoms with Gasteiger partial charge in [0.15, 0.2) is 0 Å². The fourth-order valence-electron chi connectivity index (χ4n) is 1.99. The zero-order valence-corrected chi connectivity index (χ0v) is 10.1. The Hall–Kier alpha value is -2.18. The maximum atomic E-state index is 10.5. The van der Waals surface area contributed by atoms with E-state index in [0.29, 0.717) is 0 Å². The quantitative estimate of drug-likeness (QED) is 0.576. The van der Waals surface area contributed by atoms with Crippen LogP contribution in [0, 0.1) is 0 Å². The predicted octanol–water partition coefficient (Wildman–Crippen LogP) is 3.70. The molecule has 2 heteroatoms. The van der Waals surface area contributed by atoms with Crippen LogP contribution in [-0.4, -0.2) is 6.08 Å². The van der Waals surface area contributed by atoms with Gasteiger partial charge in [-0.05, 0) is 24.0 Å². The molecule has 2 aromatic carbocycles. The van der Waals surface area contributed by atoms with E-state index in [1.807, 2.05) is 48.5 Å². The molecule has 2 aromatic rings. The topological polar surface area (TPSA) is 29.4 Å². The summed E-state index contributed by atoms with van der Waals surface area (Å²) < 4.78 is 0. The van der Waals surface area contributed by atoms with Crippen LogP contribution in [0.2, 0.25) is 0 Å². The van der Waals surface area contributed by atoms with Crippen LogP contribution in [0.3, 0.4) is 0 Å². The molecule has 0 fully saturated rings. The molecular formula is C16H15NO. The van der Waals surface area contributed by atoms with Gasteiger partial charge in [-0.15, -0.1) is 0 Å². The highest BCUT2D eigenvalue weighted by molar-refractivity contribution is 5.35. The number of benzene rings is 2. The van der Waals surface area contributed by atoms with Gasteiger partial charge in [0, 0.05) is 0 Å². The number of hydrogen-bond donors (Lipinski definition) is 0. The van der Waals surface area contributed by atoms with Gasteiger partial charge in [-0.2, -0.15) is 4.99 Å². The Labute approximate surface area is 107 Å². The van der Waals surface area contributed by atoms with Gasteiger partial charge in [0.05, 0.1) is 6.04 Å². The lowest BCUT2D eigenvalue weighted by Crippen LogP contribution is -1.98. The Morgan fingerprint density at radius 2 is 1.56 bits per heavy atom. The van der Waals surface area contributed by atoms with E-state index in [-0.39, 0.29) is 6.04 Å². The summed E-state index contributed by atoms with van der Waals surface area (Å²) in [6, 6.07) is 20.0. The number of carbonyl (C=O) groups excluding carboxylic acids is 1. The van der Waals surface area contributed by atoms with E-state index in [2.05, 4.69) is 17.1 Å². The zero-order chi connectivity index (χ0) is 12.6. The summed E-state index contributed by atoms with van der Waals surface area (Å²) in [5.41, 5.74) is 2.33. The fraction of sp³-hybridized carbons (Fsp3) is 0.188. The summed E-state index contributed by atoms with van der Waals surface area (Å²) in [7, 11) is 0. The molecule has 0 aromatic heterocycles. The minimum Gasteiger partial charge on any atom is -0.211 e. The third-order valence-electron chi connectivity index (χ3n) is 2.94. The monoisotopic (exact) mass is 237 g/mol. The van der Waals surface area contributed by atoms with Crippen LogP contribution in [0.4, 0.5) is 0 Å². The third kappa shape index (κ3) is 3.41. The summed E-state index contributed by atoms with van der Waals surface area (Å²) in [6.07, 6.45) is 3.41. The van der Waals surface area contributed by atoms with Crippen LogP contribution in [0.15, 0.2) is 65.7 Å². The van der Waals surface area contributed by atoms with Crippen LogP contribution in [0.5, 0.6) is 0 Å². The molecule has 18 heavy (non-hydrogen) atoms. The Balaban J connectivity index is 2.06. The number of hydrogen-bond acceptors (Lipinski definition) is 2. The molecule has 2 rings (SSSR count). The Morgan fingerprint density at radius 1 is 0.944 bits per heavy atom. The van der Waals surface area contributed by atoms with Crippen LogP contribution in [0.25, 0.3) is 0 Å². The molecule has 1 atom stereocenters. The summed E-state index contributed by atoms with van der Waals surface area (Å²) in [6.45, 7) is 0. The second-order valence-electron chi connectivity index (χ2n) is 4.17. The van der Waals surface area contributed by atoms with Crippen molar-refractivity contribution in [3.8, 4) is 0 Å². The second kappa shape index (κ2) is 6.53. The van der Waals surface area contributed by atoms with Crippen LogP contribution < -0.4 is 0 Å². The SMILES string of the molecule is O=C=NC(CCc1ccccc1)c1ccccc1. The lowest BCUT2D eigenvalue weighted by molar-refractivity contribution is 0.553. The number of aliphatic imine (C=N–C) groups is 1. The standard InChI is InChI=1S/C16H15NO/c18-13-17-16(15-9-5-2-6-10-15)12-11-14-7-3-1-4-8-14/h1-10,16H,11-12H2. The molecule has 0 radical (unpaired) electrons. The van der Waals surface area contributed by atoms with Crippen molar-refractivity contribution in [3.05, 3.63) is 71.8 Å². The summed E-state index contributed by atoms with van der Waals surface area (Å²) >= 11 is 0. The molecule has 0 saturated heterocycles. The molecule has 0 N–H and O–H groups in total. The van der Waals surface area contributed by atoms with Crippen molar-refractivity contribution >= 4 is 6.08 Å². The highest BCUT2D eigenvalue weighted by Gasteiger charge is 2.09. The van der Waals surface area contributed by atoms with E-state index in [9.17, 15) is 4.79 Å². The van der Waals surface area contributed by atoms with Crippen molar-refractivity contribution in [3.63, 3.8) is 0 Å². The molecule has 0 aliphatic carbocycles. The van der Waals surface area contributed by atoms with Gasteiger partial charge >= 0.3 is 0 Å². The Bertz CT molecular complexity index is 515. The lowest BCUT2D eigenvalue weighted by Gasteiger charge is -2.10. The summed E-state index contributed by atoms with van der Waals surface area (Å²) in [5, 5.41) is 0. The van der Waals surface area contributed by atoms with Gasteiger partial charge in [-0.1, -0.05) is 60.7 Å². The first-order valence-electron chi connectivity index (χ1n) is 6.06. The van der Waals surface area contributed by atoms with Crippen molar-refractivity contribution in [1.82, 2.24) is 0 Å². The van der Waals surface area contributed by atoms with Gasteiger partial charge in [-0.3, -0.25) is 0 Å².